The number of nitrogens with one attached hydrogen (secondary N) is 1. The molecule has 2 rings (SSSR count). The standard InChI is InChI=1S/C12H8Cl2N2O3S/c1-6-2-3-7(4-8(6)13)15-12(17)10-5-9(16(18)19)11(14)20-10/h2-5H,1H3,(H,15,17). The Kier molecular flexibility index (Phi) is 4.27. The Morgan fingerprint density at radius 3 is 2.60 bits per heavy atom. The Balaban J connectivity index is 2.21. The second-order valence-electron chi connectivity index (χ2n) is 3.94. The summed E-state index contributed by atoms with van der Waals surface area (Å²) < 4.78 is -0.0258. The van der Waals surface area contributed by atoms with Crippen LogP contribution in [0.15, 0.2) is 24.3 Å². The van der Waals surface area contributed by atoms with Crippen molar-refractivity contribution in [3.05, 3.63) is 54.2 Å². The lowest BCUT2D eigenvalue weighted by Gasteiger charge is -2.05. The van der Waals surface area contributed by atoms with E-state index in [1.54, 1.807) is 18.2 Å². The number of benzene rings is 1. The number of carbonyl (C=O) groups excluding carboxylic acids is 1. The van der Waals surface area contributed by atoms with Crippen molar-refractivity contribution in [3.63, 3.8) is 0 Å². The van der Waals surface area contributed by atoms with Gasteiger partial charge in [-0.25, -0.2) is 0 Å². The van der Waals surface area contributed by atoms with Gasteiger partial charge in [0, 0.05) is 16.8 Å². The Morgan fingerprint density at radius 1 is 1.35 bits per heavy atom. The zero-order valence-electron chi connectivity index (χ0n) is 10.1. The predicted molar refractivity (Wildman–Crippen MR) is 80.1 cm³/mol. The van der Waals surface area contributed by atoms with E-state index >= 15 is 0 Å². The molecule has 104 valence electrons. The first-order valence-corrected chi connectivity index (χ1v) is 6.97. The lowest BCUT2D eigenvalue weighted by molar-refractivity contribution is -0.384. The van der Waals surface area contributed by atoms with E-state index < -0.39 is 10.8 Å². The second-order valence-corrected chi connectivity index (χ2v) is 6.01. The molecule has 0 aliphatic rings. The topological polar surface area (TPSA) is 72.2 Å². The predicted octanol–water partition coefficient (Wildman–Crippen LogP) is 4.52. The van der Waals surface area contributed by atoms with Gasteiger partial charge in [0.15, 0.2) is 4.34 Å². The molecule has 0 unspecified atom stereocenters. The molecule has 0 saturated carbocycles. The minimum atomic E-state index is -0.627. The third kappa shape index (κ3) is 3.09. The molecule has 0 aliphatic heterocycles. The number of carbonyl (C=O) groups is 1. The summed E-state index contributed by atoms with van der Waals surface area (Å²) >= 11 is 12.5. The van der Waals surface area contributed by atoms with E-state index in [0.29, 0.717) is 10.7 Å². The number of hydrogen-bond donors (Lipinski definition) is 1. The fraction of sp³-hybridized carbons (Fsp3) is 0.0833. The molecule has 1 aromatic heterocycles. The second kappa shape index (κ2) is 5.78. The highest BCUT2D eigenvalue weighted by molar-refractivity contribution is 7.18. The fourth-order valence-electron chi connectivity index (χ4n) is 1.46. The van der Waals surface area contributed by atoms with E-state index in [1.165, 1.54) is 0 Å². The maximum absolute atomic E-state index is 12.0. The summed E-state index contributed by atoms with van der Waals surface area (Å²) in [5.74, 6) is -0.468. The van der Waals surface area contributed by atoms with Crippen molar-refractivity contribution in [1.82, 2.24) is 0 Å². The summed E-state index contributed by atoms with van der Waals surface area (Å²) in [6, 6.07) is 6.22. The summed E-state index contributed by atoms with van der Waals surface area (Å²) in [5.41, 5.74) is 1.13. The number of thiophene rings is 1. The van der Waals surface area contributed by atoms with Crippen LogP contribution in [0.4, 0.5) is 11.4 Å². The Morgan fingerprint density at radius 2 is 2.05 bits per heavy atom. The van der Waals surface area contributed by atoms with Gasteiger partial charge in [-0.2, -0.15) is 0 Å². The number of aryl methyl sites for hydroxylation is 1. The van der Waals surface area contributed by atoms with Crippen LogP contribution < -0.4 is 5.32 Å². The maximum Gasteiger partial charge on any atom is 0.299 e. The molecule has 0 aliphatic carbocycles. The first-order valence-electron chi connectivity index (χ1n) is 5.39. The molecule has 5 nitrogen and oxygen atoms in total. The average molecular weight is 331 g/mol. The van der Waals surface area contributed by atoms with Crippen LogP contribution in [-0.2, 0) is 0 Å². The monoisotopic (exact) mass is 330 g/mol. The molecule has 0 spiro atoms. The smallest absolute Gasteiger partial charge is 0.299 e. The normalized spacial score (nSPS) is 10.3. The molecule has 2 aromatic rings. The van der Waals surface area contributed by atoms with Crippen LogP contribution in [0.3, 0.4) is 0 Å². The van der Waals surface area contributed by atoms with Crippen LogP contribution in [-0.4, -0.2) is 10.8 Å². The number of anilines is 1. The van der Waals surface area contributed by atoms with Gasteiger partial charge in [0.05, 0.1) is 4.92 Å². The molecule has 1 heterocycles. The highest BCUT2D eigenvalue weighted by atomic mass is 35.5. The molecule has 1 amide bonds. The molecule has 8 heteroatoms. The van der Waals surface area contributed by atoms with Gasteiger partial charge in [-0.05, 0) is 24.6 Å². The number of nitro groups is 1. The van der Waals surface area contributed by atoms with Crippen molar-refractivity contribution in [3.8, 4) is 0 Å². The van der Waals surface area contributed by atoms with Crippen LogP contribution >= 0.6 is 34.5 Å². The Labute approximate surface area is 128 Å². The maximum atomic E-state index is 12.0. The Hall–Kier alpha value is -1.63. The summed E-state index contributed by atoms with van der Waals surface area (Å²) in [5, 5.41) is 13.8. The fourth-order valence-corrected chi connectivity index (χ4v) is 2.76. The van der Waals surface area contributed by atoms with Gasteiger partial charge in [0.2, 0.25) is 0 Å². The van der Waals surface area contributed by atoms with E-state index in [0.717, 1.165) is 23.0 Å². The van der Waals surface area contributed by atoms with Crippen molar-refractivity contribution >= 4 is 51.8 Å². The molecule has 0 radical (unpaired) electrons. The van der Waals surface area contributed by atoms with Crippen molar-refractivity contribution < 1.29 is 9.72 Å². The summed E-state index contributed by atoms with van der Waals surface area (Å²) in [4.78, 5) is 22.2. The van der Waals surface area contributed by atoms with Crippen molar-refractivity contribution in [2.45, 2.75) is 6.92 Å². The number of nitrogens with zero attached hydrogens (tertiary/aromatic N) is 1. The van der Waals surface area contributed by atoms with Crippen molar-refractivity contribution in [1.29, 1.82) is 0 Å². The first-order chi connectivity index (χ1) is 9.38. The van der Waals surface area contributed by atoms with Gasteiger partial charge >= 0.3 is 0 Å². The zero-order valence-corrected chi connectivity index (χ0v) is 12.5. The van der Waals surface area contributed by atoms with Crippen LogP contribution in [0.2, 0.25) is 9.36 Å². The van der Waals surface area contributed by atoms with Gasteiger partial charge in [-0.3, -0.25) is 14.9 Å². The summed E-state index contributed by atoms with van der Waals surface area (Å²) in [6.07, 6.45) is 0. The van der Waals surface area contributed by atoms with E-state index in [9.17, 15) is 14.9 Å². The highest BCUT2D eigenvalue weighted by Crippen LogP contribution is 2.34. The van der Waals surface area contributed by atoms with E-state index in [1.807, 2.05) is 6.92 Å². The van der Waals surface area contributed by atoms with Gasteiger partial charge in [0.1, 0.15) is 4.88 Å². The number of amides is 1. The van der Waals surface area contributed by atoms with Gasteiger partial charge in [-0.15, -0.1) is 11.3 Å². The lowest BCUT2D eigenvalue weighted by Crippen LogP contribution is -2.10. The molecule has 1 aromatic carbocycles. The summed E-state index contributed by atoms with van der Waals surface area (Å²) in [7, 11) is 0. The third-order valence-corrected chi connectivity index (χ3v) is 4.26. The molecule has 0 bridgehead atoms. The van der Waals surface area contributed by atoms with Gasteiger partial charge < -0.3 is 5.32 Å². The van der Waals surface area contributed by atoms with E-state index in [4.69, 9.17) is 23.2 Å². The minimum absolute atomic E-state index is 0.0258. The van der Waals surface area contributed by atoms with Crippen LogP contribution in [0.25, 0.3) is 0 Å². The first kappa shape index (κ1) is 14.8. The van der Waals surface area contributed by atoms with Gasteiger partial charge in [-0.1, -0.05) is 29.3 Å². The lowest BCUT2D eigenvalue weighted by atomic mass is 10.2. The van der Waals surface area contributed by atoms with Crippen LogP contribution in [0, 0.1) is 17.0 Å². The molecule has 0 fully saturated rings. The number of rotatable bonds is 3. The largest absolute Gasteiger partial charge is 0.321 e. The van der Waals surface area contributed by atoms with Crippen LogP contribution in [0.1, 0.15) is 15.2 Å². The molecule has 0 atom stereocenters. The average Bonchev–Trinajstić information content (AvgIpc) is 2.76. The molecular formula is C12H8Cl2N2O3S. The number of halogens is 2. The Bertz CT molecular complexity index is 700. The van der Waals surface area contributed by atoms with Crippen molar-refractivity contribution in [2.75, 3.05) is 5.32 Å². The zero-order chi connectivity index (χ0) is 14.9. The molecule has 0 saturated heterocycles. The molecular weight excluding hydrogens is 323 g/mol. The molecule has 20 heavy (non-hydrogen) atoms. The SMILES string of the molecule is Cc1ccc(NC(=O)c2cc([N+](=O)[O-])c(Cl)s2)cc1Cl. The van der Waals surface area contributed by atoms with Crippen molar-refractivity contribution in [2.24, 2.45) is 0 Å². The highest BCUT2D eigenvalue weighted by Gasteiger charge is 2.21. The van der Waals surface area contributed by atoms with E-state index in [2.05, 4.69) is 5.32 Å². The van der Waals surface area contributed by atoms with E-state index in [-0.39, 0.29) is 14.9 Å². The third-order valence-electron chi connectivity index (χ3n) is 2.52. The minimum Gasteiger partial charge on any atom is -0.321 e. The number of hydrogen-bond acceptors (Lipinski definition) is 4. The summed E-state index contributed by atoms with van der Waals surface area (Å²) in [6.45, 7) is 1.84. The van der Waals surface area contributed by atoms with Gasteiger partial charge in [0.25, 0.3) is 11.6 Å². The quantitative estimate of drug-likeness (QED) is 0.664. The molecule has 1 N–H and O–H groups in total. The van der Waals surface area contributed by atoms with Crippen LogP contribution in [0.5, 0.6) is 0 Å².